The highest BCUT2D eigenvalue weighted by Gasteiger charge is 2.34. The molecule has 0 bridgehead atoms. The maximum atomic E-state index is 13.2. The molecule has 20 heavy (non-hydrogen) atoms. The van der Waals surface area contributed by atoms with Crippen LogP contribution in [0.2, 0.25) is 0 Å². The van der Waals surface area contributed by atoms with Crippen LogP contribution in [-0.2, 0) is 6.18 Å². The Labute approximate surface area is 112 Å². The molecule has 2 aromatic rings. The van der Waals surface area contributed by atoms with Gasteiger partial charge in [0.05, 0.1) is 5.56 Å². The van der Waals surface area contributed by atoms with Crippen molar-refractivity contribution in [2.24, 2.45) is 0 Å². The quantitative estimate of drug-likeness (QED) is 0.579. The van der Waals surface area contributed by atoms with Crippen molar-refractivity contribution in [1.29, 1.82) is 0 Å². The maximum Gasteiger partial charge on any atom is 0.419 e. The zero-order valence-electron chi connectivity index (χ0n) is 10.5. The fraction of sp³-hybridized carbons (Fsp3) is 0.133. The molecule has 0 saturated heterocycles. The van der Waals surface area contributed by atoms with Gasteiger partial charge in [0.2, 0.25) is 0 Å². The lowest BCUT2D eigenvalue weighted by Crippen LogP contribution is -2.08. The molecule has 0 radical (unpaired) electrons. The van der Waals surface area contributed by atoms with Crippen LogP contribution in [0, 0.1) is 12.7 Å². The normalized spacial score (nSPS) is 11.4. The van der Waals surface area contributed by atoms with E-state index < -0.39 is 17.6 Å². The zero-order valence-corrected chi connectivity index (χ0v) is 10.5. The Morgan fingerprint density at radius 1 is 1.05 bits per heavy atom. The molecule has 0 fully saturated rings. The molecule has 104 valence electrons. The van der Waals surface area contributed by atoms with Gasteiger partial charge in [-0.05, 0) is 41.8 Å². The van der Waals surface area contributed by atoms with Crippen LogP contribution in [0.3, 0.4) is 0 Å². The second-order valence-electron chi connectivity index (χ2n) is 4.38. The van der Waals surface area contributed by atoms with E-state index in [0.29, 0.717) is 23.0 Å². The largest absolute Gasteiger partial charge is 0.419 e. The SMILES string of the molecule is Cc1cc(C=O)ccc1-c1ccc(F)c(C(F)(F)F)c1. The van der Waals surface area contributed by atoms with E-state index in [-0.39, 0.29) is 5.56 Å². The van der Waals surface area contributed by atoms with E-state index in [4.69, 9.17) is 0 Å². The number of carbonyl (C=O) groups excluding carboxylic acids is 1. The predicted molar refractivity (Wildman–Crippen MR) is 67.0 cm³/mol. The molecule has 0 aliphatic carbocycles. The first-order chi connectivity index (χ1) is 9.32. The minimum atomic E-state index is -4.74. The highest BCUT2D eigenvalue weighted by atomic mass is 19.4. The molecule has 0 aliphatic rings. The van der Waals surface area contributed by atoms with E-state index in [1.165, 1.54) is 12.1 Å². The molecule has 0 spiro atoms. The van der Waals surface area contributed by atoms with E-state index in [1.54, 1.807) is 19.1 Å². The summed E-state index contributed by atoms with van der Waals surface area (Å²) in [7, 11) is 0. The maximum absolute atomic E-state index is 13.2. The van der Waals surface area contributed by atoms with Crippen LogP contribution in [0.25, 0.3) is 11.1 Å². The molecule has 0 aromatic heterocycles. The van der Waals surface area contributed by atoms with Crippen LogP contribution in [0.1, 0.15) is 21.5 Å². The van der Waals surface area contributed by atoms with Gasteiger partial charge < -0.3 is 0 Å². The Morgan fingerprint density at radius 2 is 1.75 bits per heavy atom. The average molecular weight is 282 g/mol. The van der Waals surface area contributed by atoms with Gasteiger partial charge in [-0.2, -0.15) is 13.2 Å². The number of hydrogen-bond acceptors (Lipinski definition) is 1. The Hall–Kier alpha value is -2.17. The van der Waals surface area contributed by atoms with E-state index in [9.17, 15) is 22.4 Å². The van der Waals surface area contributed by atoms with Crippen LogP contribution in [0.15, 0.2) is 36.4 Å². The van der Waals surface area contributed by atoms with Crippen molar-refractivity contribution < 1.29 is 22.4 Å². The van der Waals surface area contributed by atoms with Gasteiger partial charge >= 0.3 is 6.18 Å². The van der Waals surface area contributed by atoms with E-state index in [0.717, 1.165) is 12.1 Å². The van der Waals surface area contributed by atoms with Gasteiger partial charge in [-0.15, -0.1) is 0 Å². The lowest BCUT2D eigenvalue weighted by Gasteiger charge is -2.12. The second kappa shape index (κ2) is 5.07. The van der Waals surface area contributed by atoms with Crippen molar-refractivity contribution in [3.8, 4) is 11.1 Å². The van der Waals surface area contributed by atoms with Crippen LogP contribution < -0.4 is 0 Å². The number of rotatable bonds is 2. The number of benzene rings is 2. The monoisotopic (exact) mass is 282 g/mol. The second-order valence-corrected chi connectivity index (χ2v) is 4.38. The zero-order chi connectivity index (χ0) is 14.9. The molecule has 0 amide bonds. The van der Waals surface area contributed by atoms with Crippen molar-refractivity contribution in [2.45, 2.75) is 13.1 Å². The Morgan fingerprint density at radius 3 is 2.30 bits per heavy atom. The van der Waals surface area contributed by atoms with E-state index >= 15 is 0 Å². The molecule has 0 heterocycles. The molecule has 1 nitrogen and oxygen atoms in total. The Kier molecular flexibility index (Phi) is 3.61. The highest BCUT2D eigenvalue weighted by molar-refractivity contribution is 5.78. The standard InChI is InChI=1S/C15H10F4O/c1-9-6-10(8-20)2-4-12(9)11-3-5-14(16)13(7-11)15(17,18)19/h2-8H,1H3. The van der Waals surface area contributed by atoms with E-state index in [1.807, 2.05) is 0 Å². The minimum Gasteiger partial charge on any atom is -0.298 e. The lowest BCUT2D eigenvalue weighted by atomic mass is 9.97. The summed E-state index contributed by atoms with van der Waals surface area (Å²) in [5.41, 5.74) is 0.572. The summed E-state index contributed by atoms with van der Waals surface area (Å²) in [5.74, 6) is -1.30. The van der Waals surface area contributed by atoms with Gasteiger partial charge in [0, 0.05) is 5.56 Å². The van der Waals surface area contributed by atoms with Crippen molar-refractivity contribution in [1.82, 2.24) is 0 Å². The van der Waals surface area contributed by atoms with Crippen LogP contribution in [0.5, 0.6) is 0 Å². The fourth-order valence-corrected chi connectivity index (χ4v) is 1.99. The molecule has 0 atom stereocenters. The third-order valence-corrected chi connectivity index (χ3v) is 2.97. The topological polar surface area (TPSA) is 17.1 Å². The lowest BCUT2D eigenvalue weighted by molar-refractivity contribution is -0.139. The summed E-state index contributed by atoms with van der Waals surface area (Å²) in [4.78, 5) is 10.6. The number of carbonyl (C=O) groups is 1. The van der Waals surface area contributed by atoms with Crippen LogP contribution in [-0.4, -0.2) is 6.29 Å². The third kappa shape index (κ3) is 2.71. The molecular weight excluding hydrogens is 272 g/mol. The van der Waals surface area contributed by atoms with Crippen LogP contribution in [0.4, 0.5) is 17.6 Å². The Bertz CT molecular complexity index is 659. The molecular formula is C15H10F4O. The summed E-state index contributed by atoms with van der Waals surface area (Å²) in [6.45, 7) is 1.68. The summed E-state index contributed by atoms with van der Waals surface area (Å²) >= 11 is 0. The van der Waals surface area contributed by atoms with Crippen molar-refractivity contribution >= 4 is 6.29 Å². The number of hydrogen-bond donors (Lipinski definition) is 0. The summed E-state index contributed by atoms with van der Waals surface area (Å²) in [6.07, 6.45) is -4.08. The molecule has 0 saturated carbocycles. The van der Waals surface area contributed by atoms with Crippen LogP contribution >= 0.6 is 0 Å². The van der Waals surface area contributed by atoms with Crippen molar-refractivity contribution in [3.63, 3.8) is 0 Å². The van der Waals surface area contributed by atoms with Gasteiger partial charge in [-0.3, -0.25) is 4.79 Å². The summed E-state index contributed by atoms with van der Waals surface area (Å²) in [6, 6.07) is 7.48. The average Bonchev–Trinajstić information content (AvgIpc) is 2.38. The molecule has 0 unspecified atom stereocenters. The Balaban J connectivity index is 2.57. The highest BCUT2D eigenvalue weighted by Crippen LogP contribution is 2.35. The first-order valence-corrected chi connectivity index (χ1v) is 5.76. The molecule has 5 heteroatoms. The first kappa shape index (κ1) is 14.2. The van der Waals surface area contributed by atoms with Crippen molar-refractivity contribution in [3.05, 3.63) is 58.9 Å². The third-order valence-electron chi connectivity index (χ3n) is 2.97. The number of alkyl halides is 3. The smallest absolute Gasteiger partial charge is 0.298 e. The van der Waals surface area contributed by atoms with Gasteiger partial charge in [0.25, 0.3) is 0 Å². The molecule has 0 N–H and O–H groups in total. The van der Waals surface area contributed by atoms with Gasteiger partial charge in [0.15, 0.2) is 0 Å². The minimum absolute atomic E-state index is 0.258. The molecule has 2 aromatic carbocycles. The fourth-order valence-electron chi connectivity index (χ4n) is 1.99. The number of aldehydes is 1. The number of aryl methyl sites for hydroxylation is 1. The van der Waals surface area contributed by atoms with E-state index in [2.05, 4.69) is 0 Å². The van der Waals surface area contributed by atoms with Gasteiger partial charge in [-0.25, -0.2) is 4.39 Å². The first-order valence-electron chi connectivity index (χ1n) is 5.76. The summed E-state index contributed by atoms with van der Waals surface area (Å²) < 4.78 is 51.3. The number of halogens is 4. The van der Waals surface area contributed by atoms with Gasteiger partial charge in [-0.1, -0.05) is 18.2 Å². The summed E-state index contributed by atoms with van der Waals surface area (Å²) in [5, 5.41) is 0. The van der Waals surface area contributed by atoms with Crippen molar-refractivity contribution in [2.75, 3.05) is 0 Å². The molecule has 0 aliphatic heterocycles. The predicted octanol–water partition coefficient (Wildman–Crippen LogP) is 4.63. The van der Waals surface area contributed by atoms with Gasteiger partial charge in [0.1, 0.15) is 12.1 Å². The molecule has 2 rings (SSSR count).